The summed E-state index contributed by atoms with van der Waals surface area (Å²) in [5, 5.41) is 4.90. The smallest absolute Gasteiger partial charge is 0.160 e. The van der Waals surface area contributed by atoms with E-state index in [0.717, 1.165) is 80.0 Å². The van der Waals surface area contributed by atoms with E-state index in [4.69, 9.17) is 9.97 Å². The van der Waals surface area contributed by atoms with Crippen LogP contribution in [0.2, 0.25) is 0 Å². The van der Waals surface area contributed by atoms with Gasteiger partial charge in [0.2, 0.25) is 0 Å². The van der Waals surface area contributed by atoms with E-state index in [2.05, 4.69) is 192 Å². The molecule has 0 fully saturated rings. The van der Waals surface area contributed by atoms with Crippen molar-refractivity contribution in [2.45, 2.75) is 12.8 Å². The van der Waals surface area contributed by atoms with Crippen LogP contribution >= 0.6 is 0 Å². The van der Waals surface area contributed by atoms with E-state index in [1.165, 1.54) is 38.2 Å². The van der Waals surface area contributed by atoms with Crippen LogP contribution in [-0.4, -0.2) is 19.1 Å². The van der Waals surface area contributed by atoms with Crippen LogP contribution in [0.25, 0.3) is 99.8 Å². The van der Waals surface area contributed by atoms with Crippen LogP contribution in [0.5, 0.6) is 0 Å². The number of allylic oxidation sites excluding steroid dienone is 8. The Morgan fingerprint density at radius 1 is 0.500 bits per heavy atom. The van der Waals surface area contributed by atoms with Crippen LogP contribution < -0.4 is 0 Å². The Hall–Kier alpha value is -8.08. The first-order valence-corrected chi connectivity index (χ1v) is 21.2. The Morgan fingerprint density at radius 3 is 1.69 bits per heavy atom. The van der Waals surface area contributed by atoms with Gasteiger partial charge < -0.3 is 9.13 Å². The van der Waals surface area contributed by atoms with Crippen molar-refractivity contribution in [3.8, 4) is 45.0 Å². The molecular weight excluding hydrogens is 753 g/mol. The van der Waals surface area contributed by atoms with Crippen LogP contribution in [-0.2, 0) is 0 Å². The van der Waals surface area contributed by atoms with E-state index >= 15 is 0 Å². The van der Waals surface area contributed by atoms with E-state index in [-0.39, 0.29) is 0 Å². The maximum absolute atomic E-state index is 5.26. The summed E-state index contributed by atoms with van der Waals surface area (Å²) in [5.74, 6) is 0.598. The second-order valence-corrected chi connectivity index (χ2v) is 15.7. The molecule has 11 rings (SSSR count). The molecule has 4 heteroatoms. The van der Waals surface area contributed by atoms with Gasteiger partial charge in [-0.2, -0.15) is 0 Å². The summed E-state index contributed by atoms with van der Waals surface area (Å²) in [4.78, 5) is 10.3. The maximum Gasteiger partial charge on any atom is 0.160 e. The van der Waals surface area contributed by atoms with E-state index in [1.54, 1.807) is 12.2 Å². The van der Waals surface area contributed by atoms with Gasteiger partial charge in [-0.05, 0) is 78.6 Å². The average molecular weight is 795 g/mol. The first kappa shape index (κ1) is 37.0. The molecule has 0 spiro atoms. The Labute approximate surface area is 361 Å². The van der Waals surface area contributed by atoms with Gasteiger partial charge in [0.1, 0.15) is 0 Å². The monoisotopic (exact) mass is 794 g/mol. The Bertz CT molecular complexity index is 3430. The lowest BCUT2D eigenvalue weighted by Gasteiger charge is -2.22. The summed E-state index contributed by atoms with van der Waals surface area (Å²) in [6.07, 6.45) is 14.4. The van der Waals surface area contributed by atoms with Crippen molar-refractivity contribution in [1.29, 1.82) is 0 Å². The molecule has 0 amide bonds. The number of para-hydroxylation sites is 3. The highest BCUT2D eigenvalue weighted by Gasteiger charge is 2.24. The molecule has 0 saturated carbocycles. The normalized spacial score (nSPS) is 13.0. The molecule has 0 radical (unpaired) electrons. The molecule has 3 heterocycles. The first-order valence-electron chi connectivity index (χ1n) is 21.2. The third-order valence-corrected chi connectivity index (χ3v) is 12.1. The predicted octanol–water partition coefficient (Wildman–Crippen LogP) is 15.2. The summed E-state index contributed by atoms with van der Waals surface area (Å²) >= 11 is 0. The second-order valence-electron chi connectivity index (χ2n) is 15.7. The molecule has 0 unspecified atom stereocenters. The minimum absolute atomic E-state index is 0.598. The lowest BCUT2D eigenvalue weighted by molar-refractivity contribution is 1.04. The van der Waals surface area contributed by atoms with Gasteiger partial charge in [0.25, 0.3) is 0 Å². The van der Waals surface area contributed by atoms with Gasteiger partial charge in [0.05, 0.1) is 39.1 Å². The number of aromatic nitrogens is 4. The molecule has 0 N–H and O–H groups in total. The van der Waals surface area contributed by atoms with Gasteiger partial charge in [-0.15, -0.1) is 0 Å². The van der Waals surface area contributed by atoms with Crippen molar-refractivity contribution in [1.82, 2.24) is 19.1 Å². The zero-order valence-electron chi connectivity index (χ0n) is 34.2. The van der Waals surface area contributed by atoms with Crippen LogP contribution in [0.3, 0.4) is 0 Å². The summed E-state index contributed by atoms with van der Waals surface area (Å²) in [5.41, 5.74) is 16.0. The van der Waals surface area contributed by atoms with Crippen LogP contribution in [0, 0.1) is 0 Å². The van der Waals surface area contributed by atoms with Crippen molar-refractivity contribution in [3.63, 3.8) is 0 Å². The molecule has 7 aromatic carbocycles. The van der Waals surface area contributed by atoms with Crippen molar-refractivity contribution in [2.24, 2.45) is 0 Å². The van der Waals surface area contributed by atoms with Gasteiger partial charge in [-0.3, -0.25) is 0 Å². The van der Waals surface area contributed by atoms with Crippen molar-refractivity contribution in [2.75, 3.05) is 0 Å². The average Bonchev–Trinajstić information content (AvgIpc) is 3.86. The number of fused-ring (bicyclic) bond motifs is 6. The van der Waals surface area contributed by atoms with Crippen molar-refractivity contribution in [3.05, 3.63) is 231 Å². The molecule has 1 aliphatic rings. The minimum atomic E-state index is 0.598. The highest BCUT2D eigenvalue weighted by Crippen LogP contribution is 2.44. The highest BCUT2D eigenvalue weighted by molar-refractivity contribution is 6.13. The van der Waals surface area contributed by atoms with Crippen LogP contribution in [0.4, 0.5) is 0 Å². The van der Waals surface area contributed by atoms with Crippen molar-refractivity contribution < 1.29 is 0 Å². The molecule has 62 heavy (non-hydrogen) atoms. The van der Waals surface area contributed by atoms with E-state index in [9.17, 15) is 0 Å². The quantitative estimate of drug-likeness (QED) is 0.136. The molecule has 3 aromatic heterocycles. The Kier molecular flexibility index (Phi) is 9.24. The van der Waals surface area contributed by atoms with E-state index < -0.39 is 0 Å². The largest absolute Gasteiger partial charge is 0.309 e. The van der Waals surface area contributed by atoms with E-state index in [0.29, 0.717) is 5.82 Å². The molecule has 0 atom stereocenters. The third kappa shape index (κ3) is 6.24. The Morgan fingerprint density at radius 2 is 1.06 bits per heavy atom. The molecule has 294 valence electrons. The zero-order chi connectivity index (χ0) is 41.6. The number of nitrogens with zero attached hydrogens (tertiary/aromatic N) is 4. The summed E-state index contributed by atoms with van der Waals surface area (Å²) < 4.78 is 4.90. The molecule has 1 aliphatic carbocycles. The van der Waals surface area contributed by atoms with Gasteiger partial charge in [0, 0.05) is 55.1 Å². The predicted molar refractivity (Wildman–Crippen MR) is 262 cm³/mol. The SMILES string of the molecule is C=C/C=C(\C=C)c1nc(-c2ccccc2)cc(-c2cc(C3=CCCC=C3)c(-n3c4ccccc4c4cc(-n5c6ccccc6c6ccccc65)ccc43)c(-c3ccccc3)c2)n1. The van der Waals surface area contributed by atoms with E-state index in [1.807, 2.05) is 24.3 Å². The fourth-order valence-corrected chi connectivity index (χ4v) is 9.28. The summed E-state index contributed by atoms with van der Waals surface area (Å²) in [7, 11) is 0. The molecule has 10 aromatic rings. The maximum atomic E-state index is 5.26. The van der Waals surface area contributed by atoms with Crippen molar-refractivity contribution >= 4 is 54.8 Å². The van der Waals surface area contributed by atoms with Crippen LogP contribution in [0.15, 0.2) is 219 Å². The number of hydrogen-bond acceptors (Lipinski definition) is 2. The standard InChI is InChI=1S/C58H42N4/c1-3-20-39(4-2)58-59-51(42-25-12-7-13-26-42)38-52(60-58)43-35-48(40-21-8-5-9-22-40)57(49(36-43)41-23-10-6-11-24-41)62-55-32-19-16-29-47(55)50-37-44(33-34-56(50)62)61-53-30-17-14-27-45(53)46-28-15-18-31-54(46)61/h3-5,7-10,12-38H,1-2,6,11H2/b39-20+. The fraction of sp³-hybridized carbons (Fsp3) is 0.0345. The van der Waals surface area contributed by atoms with Gasteiger partial charge >= 0.3 is 0 Å². The second kappa shape index (κ2) is 15.5. The molecule has 0 saturated heterocycles. The third-order valence-electron chi connectivity index (χ3n) is 12.1. The van der Waals surface area contributed by atoms with Gasteiger partial charge in [-0.25, -0.2) is 9.97 Å². The first-order chi connectivity index (χ1) is 30.7. The summed E-state index contributed by atoms with van der Waals surface area (Å²) in [6.45, 7) is 8.08. The number of benzene rings is 7. The minimum Gasteiger partial charge on any atom is -0.309 e. The lowest BCUT2D eigenvalue weighted by atomic mass is 9.89. The molecule has 4 nitrogen and oxygen atoms in total. The lowest BCUT2D eigenvalue weighted by Crippen LogP contribution is -2.05. The topological polar surface area (TPSA) is 35.6 Å². The molecule has 0 bridgehead atoms. The zero-order valence-corrected chi connectivity index (χ0v) is 34.2. The summed E-state index contributed by atoms with van der Waals surface area (Å²) in [6, 6.07) is 61.1. The number of hydrogen-bond donors (Lipinski definition) is 0. The number of rotatable bonds is 9. The fourth-order valence-electron chi connectivity index (χ4n) is 9.28. The van der Waals surface area contributed by atoms with Gasteiger partial charge in [0.15, 0.2) is 5.82 Å². The van der Waals surface area contributed by atoms with Gasteiger partial charge in [-0.1, -0.05) is 165 Å². The molecular formula is C58H42N4. The molecule has 0 aliphatic heterocycles. The van der Waals surface area contributed by atoms with Crippen LogP contribution in [0.1, 0.15) is 24.2 Å². The Balaban J connectivity index is 1.22. The highest BCUT2D eigenvalue weighted by atomic mass is 15.0.